The summed E-state index contributed by atoms with van der Waals surface area (Å²) in [6, 6.07) is 0. The molecule has 0 saturated heterocycles. The van der Waals surface area contributed by atoms with E-state index in [0.29, 0.717) is 0 Å². The van der Waals surface area contributed by atoms with Crippen LogP contribution in [-0.2, 0) is 0 Å². The second-order valence-corrected chi connectivity index (χ2v) is 3.36. The predicted molar refractivity (Wildman–Crippen MR) is 28.2 cm³/mol. The molecule has 0 spiro atoms. The molecule has 0 aliphatic carbocycles. The van der Waals surface area contributed by atoms with Crippen molar-refractivity contribution in [2.45, 2.75) is 8.61 Å². The molecule has 0 aromatic rings. The van der Waals surface area contributed by atoms with Crippen molar-refractivity contribution < 1.29 is 26.3 Å². The first-order valence-corrected chi connectivity index (χ1v) is 3.26. The summed E-state index contributed by atoms with van der Waals surface area (Å²) in [7, 11) is 0. The van der Waals surface area contributed by atoms with E-state index in [9.17, 15) is 26.3 Å². The van der Waals surface area contributed by atoms with Gasteiger partial charge in [-0.05, 0) is 0 Å². The molecular formula is C2HBrF6Mg. The highest BCUT2D eigenvalue weighted by molar-refractivity contribution is 8.93. The van der Waals surface area contributed by atoms with Crippen LogP contribution in [0.3, 0.4) is 0 Å². The van der Waals surface area contributed by atoms with Gasteiger partial charge >= 0.3 is 20.4 Å². The van der Waals surface area contributed by atoms with Crippen molar-refractivity contribution in [2.75, 3.05) is 0 Å². The van der Waals surface area contributed by atoms with E-state index in [4.69, 9.17) is 0 Å². The first kappa shape index (κ1) is 13.4. The quantitative estimate of drug-likeness (QED) is 0.452. The SMILES string of the molecule is Br.F[C](F)(F)[Mg][C](F)(F)F. The molecule has 8 heteroatoms. The first-order chi connectivity index (χ1) is 3.71. The number of halogens is 7. The van der Waals surface area contributed by atoms with Gasteiger partial charge in [-0.3, -0.25) is 0 Å². The third-order valence-corrected chi connectivity index (χ3v) is 1.20. The third-order valence-electron chi connectivity index (χ3n) is 0.401. The fourth-order valence-electron chi connectivity index (χ4n) is 0.227. The average Bonchev–Trinajstić information content (AvgIpc) is 1.14. The van der Waals surface area contributed by atoms with Gasteiger partial charge in [-0.2, -0.15) is 0 Å². The fraction of sp³-hybridized carbons (Fsp3) is 1.00. The highest BCUT2D eigenvalue weighted by Crippen LogP contribution is 2.23. The van der Waals surface area contributed by atoms with Crippen LogP contribution in [0.15, 0.2) is 0 Å². The van der Waals surface area contributed by atoms with Gasteiger partial charge in [0.2, 0.25) is 0 Å². The van der Waals surface area contributed by atoms with Crippen LogP contribution in [0.25, 0.3) is 0 Å². The maximum atomic E-state index is 10.9. The smallest absolute Gasteiger partial charge is 0.206 e. The van der Waals surface area contributed by atoms with Gasteiger partial charge in [0.1, 0.15) is 0 Å². The molecule has 0 N–H and O–H groups in total. The molecule has 60 valence electrons. The molecule has 0 nitrogen and oxygen atoms in total. The summed E-state index contributed by atoms with van der Waals surface area (Å²) < 4.78 is 55.4. The Balaban J connectivity index is 0. The van der Waals surface area contributed by atoms with Crippen molar-refractivity contribution in [2.24, 2.45) is 0 Å². The Morgan fingerprint density at radius 3 is 0.900 bits per heavy atom. The largest absolute Gasteiger partial charge is 0.689 e. The lowest BCUT2D eigenvalue weighted by molar-refractivity contribution is -0.0955. The van der Waals surface area contributed by atoms with Crippen LogP contribution in [0.2, 0.25) is 0 Å². The van der Waals surface area contributed by atoms with Crippen LogP contribution in [0, 0.1) is 0 Å². The van der Waals surface area contributed by atoms with E-state index in [1.54, 1.807) is 0 Å². The van der Waals surface area contributed by atoms with E-state index in [1.807, 2.05) is 0 Å². The number of rotatable bonds is 0. The van der Waals surface area contributed by atoms with E-state index >= 15 is 0 Å². The second kappa shape index (κ2) is 4.00. The lowest BCUT2D eigenvalue weighted by Gasteiger charge is -2.06. The number of hydrogen-bond acceptors (Lipinski definition) is 0. The highest BCUT2D eigenvalue weighted by Gasteiger charge is 2.50. The van der Waals surface area contributed by atoms with Crippen molar-refractivity contribution in [3.8, 4) is 0 Å². The van der Waals surface area contributed by atoms with Crippen molar-refractivity contribution in [3.63, 3.8) is 0 Å². The van der Waals surface area contributed by atoms with Gasteiger partial charge < -0.3 is 0 Å². The molecule has 0 bridgehead atoms. The second-order valence-electron chi connectivity index (χ2n) is 1.41. The van der Waals surface area contributed by atoms with Crippen LogP contribution in [0.1, 0.15) is 0 Å². The molecule has 0 aliphatic rings. The van der Waals surface area contributed by atoms with Gasteiger partial charge in [0.05, 0.1) is 0 Å². The molecule has 0 amide bonds. The van der Waals surface area contributed by atoms with Crippen molar-refractivity contribution in [1.29, 1.82) is 0 Å². The number of hydrogen-bond donors (Lipinski definition) is 0. The molecule has 0 heterocycles. The third kappa shape index (κ3) is 11.6. The van der Waals surface area contributed by atoms with Gasteiger partial charge in [0.15, 0.2) is 0 Å². The minimum atomic E-state index is -5.00. The monoisotopic (exact) mass is 242 g/mol. The molecule has 0 atom stereocenters. The van der Waals surface area contributed by atoms with Gasteiger partial charge in [-0.15, -0.1) is 17.0 Å². The summed E-state index contributed by atoms with van der Waals surface area (Å²) in [6.07, 6.45) is 0. The van der Waals surface area contributed by atoms with Crippen molar-refractivity contribution in [1.82, 2.24) is 0 Å². The molecule has 0 saturated carbocycles. The number of alkyl halides is 6. The zero-order chi connectivity index (χ0) is 7.71. The van der Waals surface area contributed by atoms with Crippen LogP contribution < -0.4 is 0 Å². The Hall–Kier alpha value is 0.826. The molecule has 0 fully saturated rings. The zero-order valence-electron chi connectivity index (χ0n) is 4.38. The average molecular weight is 243 g/mol. The van der Waals surface area contributed by atoms with Crippen molar-refractivity contribution >= 4 is 37.3 Å². The van der Waals surface area contributed by atoms with Gasteiger partial charge in [0.25, 0.3) is 8.61 Å². The summed E-state index contributed by atoms with van der Waals surface area (Å²) in [4.78, 5) is 0. The standard InChI is InChI=1S/2CF3.BrH.Mg/c2*2-1(3)4;;/h;;1H;. The molecule has 0 aliphatic heterocycles. The first-order valence-electron chi connectivity index (χ1n) is 1.84. The summed E-state index contributed by atoms with van der Waals surface area (Å²) in [5, 5.41) is 0. The van der Waals surface area contributed by atoms with Crippen LogP contribution >= 0.6 is 17.0 Å². The minimum absolute atomic E-state index is 0. The highest BCUT2D eigenvalue weighted by atomic mass is 79.9. The Morgan fingerprint density at radius 1 is 0.700 bits per heavy atom. The van der Waals surface area contributed by atoms with Crippen LogP contribution in [0.5, 0.6) is 0 Å². The molecule has 0 radical (unpaired) electrons. The van der Waals surface area contributed by atoms with Gasteiger partial charge in [0, 0.05) is 0 Å². The summed E-state index contributed by atoms with van der Waals surface area (Å²) >= 11 is -3.91. The zero-order valence-corrected chi connectivity index (χ0v) is 7.51. The normalized spacial score (nSPS) is 11.8. The Bertz CT molecular complexity index is 80.9. The Morgan fingerprint density at radius 2 is 0.900 bits per heavy atom. The van der Waals surface area contributed by atoms with E-state index in [0.717, 1.165) is 0 Å². The molecule has 0 rings (SSSR count). The van der Waals surface area contributed by atoms with Gasteiger partial charge in [-0.1, -0.05) is 0 Å². The molecule has 10 heavy (non-hydrogen) atoms. The summed E-state index contributed by atoms with van der Waals surface area (Å²) in [5.74, 6) is 0. The Labute approximate surface area is 72.5 Å². The van der Waals surface area contributed by atoms with Gasteiger partial charge in [-0.25, -0.2) is 26.3 Å². The maximum absolute atomic E-state index is 10.9. The molecular weight excluding hydrogens is 242 g/mol. The summed E-state index contributed by atoms with van der Waals surface area (Å²) in [5.41, 5.74) is 0. The predicted octanol–water partition coefficient (Wildman–Crippen LogP) is 2.31. The summed E-state index contributed by atoms with van der Waals surface area (Å²) in [6.45, 7) is 0. The van der Waals surface area contributed by atoms with E-state index in [1.165, 1.54) is 0 Å². The van der Waals surface area contributed by atoms with Crippen LogP contribution in [-0.4, -0.2) is 29.0 Å². The Kier molecular flexibility index (Phi) is 5.37. The maximum Gasteiger partial charge on any atom is 0.689 e. The van der Waals surface area contributed by atoms with E-state index < -0.39 is 29.0 Å². The molecule has 0 unspecified atom stereocenters. The lowest BCUT2D eigenvalue weighted by Crippen LogP contribution is -2.32. The van der Waals surface area contributed by atoms with Crippen molar-refractivity contribution in [3.05, 3.63) is 0 Å². The fourth-order valence-corrected chi connectivity index (χ4v) is 0.682. The van der Waals surface area contributed by atoms with Crippen LogP contribution in [0.4, 0.5) is 26.3 Å². The topological polar surface area (TPSA) is 0 Å². The van der Waals surface area contributed by atoms with E-state index in [-0.39, 0.29) is 17.0 Å². The molecule has 0 aromatic carbocycles. The lowest BCUT2D eigenvalue weighted by atomic mass is 11.5. The molecule has 0 aromatic heterocycles. The van der Waals surface area contributed by atoms with E-state index in [2.05, 4.69) is 0 Å². The minimum Gasteiger partial charge on any atom is -0.206 e.